The SMILES string of the molecule is CCc1c(F)ccc2cc(O)cc(-c3ncc4c(N5CCCC6(CCO6)C5)nc(OCC5(CN6CCC7(CC6)CC(N6CCC(c8ccc9c(C%10CCC(=O)NC%10=O)nn(C)c9c8)CC6)C7)CC5)nc4c3F)c12. The van der Waals surface area contributed by atoms with E-state index < -0.39 is 11.7 Å². The Morgan fingerprint density at radius 2 is 1.73 bits per heavy atom. The van der Waals surface area contributed by atoms with Gasteiger partial charge in [-0.3, -0.25) is 24.6 Å². The van der Waals surface area contributed by atoms with Crippen LogP contribution in [-0.2, 0) is 27.8 Å². The summed E-state index contributed by atoms with van der Waals surface area (Å²) in [7, 11) is 1.95. The second-order valence-electron chi connectivity index (χ2n) is 23.0. The number of pyridine rings is 1. The summed E-state index contributed by atoms with van der Waals surface area (Å²) in [4.78, 5) is 46.5. The number of imide groups is 1. The lowest BCUT2D eigenvalue weighted by Crippen LogP contribution is -2.56. The summed E-state index contributed by atoms with van der Waals surface area (Å²) < 4.78 is 47.1. The largest absolute Gasteiger partial charge is 0.508 e. The smallest absolute Gasteiger partial charge is 0.319 e. The van der Waals surface area contributed by atoms with E-state index in [2.05, 4.69) is 43.2 Å². The van der Waals surface area contributed by atoms with Crippen LogP contribution >= 0.6 is 0 Å². The number of nitrogens with one attached hydrogen (secondary N) is 1. The molecule has 5 saturated heterocycles. The van der Waals surface area contributed by atoms with Crippen LogP contribution in [0.5, 0.6) is 11.8 Å². The number of amides is 2. The van der Waals surface area contributed by atoms with Gasteiger partial charge in [-0.25, -0.2) is 8.78 Å². The number of rotatable bonds is 11. The Bertz CT molecular complexity index is 3180. The minimum Gasteiger partial charge on any atom is -0.508 e. The molecule has 2 unspecified atom stereocenters. The molecule has 8 heterocycles. The van der Waals surface area contributed by atoms with Gasteiger partial charge in [0.05, 0.1) is 41.3 Å². The molecule has 73 heavy (non-hydrogen) atoms. The number of nitrogens with zero attached hydrogens (tertiary/aromatic N) is 8. The molecule has 0 radical (unpaired) electrons. The second-order valence-corrected chi connectivity index (χ2v) is 23.0. The monoisotopic (exact) mass is 994 g/mol. The van der Waals surface area contributed by atoms with Crippen LogP contribution in [0, 0.1) is 22.5 Å². The van der Waals surface area contributed by atoms with Crippen molar-refractivity contribution in [2.75, 3.05) is 63.9 Å². The van der Waals surface area contributed by atoms with Gasteiger partial charge in [0.2, 0.25) is 11.8 Å². The molecule has 2 N–H and O–H groups in total. The summed E-state index contributed by atoms with van der Waals surface area (Å²) in [5.41, 5.74) is 4.17. The topological polar surface area (TPSA) is 151 Å². The number of likely N-dealkylation sites (tertiary alicyclic amines) is 2. The van der Waals surface area contributed by atoms with Gasteiger partial charge in [0.25, 0.3) is 0 Å². The van der Waals surface area contributed by atoms with Crippen molar-refractivity contribution in [1.82, 2.24) is 39.8 Å². The first-order valence-electron chi connectivity index (χ1n) is 27.0. The van der Waals surface area contributed by atoms with Crippen molar-refractivity contribution in [2.24, 2.45) is 17.9 Å². The van der Waals surface area contributed by atoms with Gasteiger partial charge in [-0.1, -0.05) is 25.1 Å². The Hall–Kier alpha value is -5.84. The fraction of sp³-hybridized carbons (Fsp3) is 0.544. The number of carbonyl (C=O) groups excluding carboxylic acids is 2. The number of aryl methyl sites for hydroxylation is 2. The number of ether oxygens (including phenoxy) is 2. The summed E-state index contributed by atoms with van der Waals surface area (Å²) in [6.45, 7) is 9.77. The van der Waals surface area contributed by atoms with Gasteiger partial charge in [-0.2, -0.15) is 15.1 Å². The van der Waals surface area contributed by atoms with E-state index >= 15 is 8.78 Å². The highest BCUT2D eigenvalue weighted by Gasteiger charge is 2.51. The predicted molar refractivity (Wildman–Crippen MR) is 274 cm³/mol. The van der Waals surface area contributed by atoms with Crippen molar-refractivity contribution in [1.29, 1.82) is 0 Å². The van der Waals surface area contributed by atoms with Gasteiger partial charge < -0.3 is 29.3 Å². The van der Waals surface area contributed by atoms with Crippen LogP contribution in [0.25, 0.3) is 43.8 Å². The number of benzene rings is 3. The predicted octanol–water partition coefficient (Wildman–Crippen LogP) is 8.84. The van der Waals surface area contributed by atoms with Crippen LogP contribution in [0.3, 0.4) is 0 Å². The minimum atomic E-state index is -0.662. The number of carbonyl (C=O) groups is 2. The molecule has 3 aromatic heterocycles. The minimum absolute atomic E-state index is 0.00796. The van der Waals surface area contributed by atoms with Crippen LogP contribution in [0.2, 0.25) is 0 Å². The fourth-order valence-corrected chi connectivity index (χ4v) is 13.9. The maximum absolute atomic E-state index is 17.3. The Morgan fingerprint density at radius 3 is 2.47 bits per heavy atom. The van der Waals surface area contributed by atoms with Gasteiger partial charge >= 0.3 is 6.01 Å². The highest BCUT2D eigenvalue weighted by atomic mass is 19.1. The number of aromatic hydroxyl groups is 1. The maximum atomic E-state index is 17.3. The van der Waals surface area contributed by atoms with Gasteiger partial charge in [0.1, 0.15) is 28.6 Å². The van der Waals surface area contributed by atoms with Crippen molar-refractivity contribution in [3.05, 3.63) is 77.1 Å². The lowest BCUT2D eigenvalue weighted by Gasteiger charge is -2.56. The molecule has 2 atom stereocenters. The Labute approximate surface area is 423 Å². The number of phenols is 1. The number of aromatic nitrogens is 5. The van der Waals surface area contributed by atoms with E-state index in [9.17, 15) is 14.7 Å². The number of hydrogen-bond acceptors (Lipinski definition) is 12. The molecular formula is C57H65F2N9O5. The molecule has 2 aliphatic carbocycles. The van der Waals surface area contributed by atoms with Crippen LogP contribution < -0.4 is 15.0 Å². The maximum Gasteiger partial charge on any atom is 0.319 e. The van der Waals surface area contributed by atoms with Crippen molar-refractivity contribution < 1.29 is 33.0 Å². The number of phenolic OH excluding ortho intramolecular Hbond substituents is 1. The first-order chi connectivity index (χ1) is 35.4. The van der Waals surface area contributed by atoms with E-state index in [1.807, 2.05) is 18.7 Å². The lowest BCUT2D eigenvalue weighted by atomic mass is 9.59. The van der Waals surface area contributed by atoms with E-state index in [4.69, 9.17) is 24.5 Å². The van der Waals surface area contributed by atoms with E-state index in [-0.39, 0.29) is 51.6 Å². The lowest BCUT2D eigenvalue weighted by molar-refractivity contribution is -0.151. The van der Waals surface area contributed by atoms with E-state index in [1.165, 1.54) is 43.4 Å². The first-order valence-corrected chi connectivity index (χ1v) is 27.0. The first kappa shape index (κ1) is 46.9. The molecule has 0 bridgehead atoms. The molecule has 5 aliphatic heterocycles. The van der Waals surface area contributed by atoms with Crippen molar-refractivity contribution in [2.45, 2.75) is 120 Å². The number of piperidine rings is 4. The summed E-state index contributed by atoms with van der Waals surface area (Å²) in [5, 5.41) is 20.6. The third-order valence-corrected chi connectivity index (χ3v) is 18.5. The average Bonchev–Trinajstić information content (AvgIpc) is 4.07. The molecular weight excluding hydrogens is 929 g/mol. The molecule has 2 saturated carbocycles. The average molecular weight is 994 g/mol. The number of hydrogen-bond donors (Lipinski definition) is 2. The summed E-state index contributed by atoms with van der Waals surface area (Å²) in [6, 6.07) is 13.5. The standard InChI is InChI=1S/C57H65F2N9O5/c1-3-39-44(58)9-6-36-25-38(69)27-42(47(36)39)50-48(59)51-43(30-60-50)52(68-19-4-13-57(32-68)18-24-73-57)63-54(62-51)72-33-56(14-15-56)31-66-22-16-55(17-23-66)28-37(29-55)67-20-11-34(12-21-67)35-5-7-40-45(26-35)65(2)64-49(40)41-8-10-46(70)61-53(41)71/h5-7,9,25-27,30,34,37,41,69H,3-4,8,10-24,28-29,31-33H2,1-2H3,(H,61,70,71). The number of halogens is 2. The van der Waals surface area contributed by atoms with Crippen LogP contribution in [0.1, 0.15) is 119 Å². The Morgan fingerprint density at radius 1 is 0.918 bits per heavy atom. The molecule has 16 heteroatoms. The van der Waals surface area contributed by atoms with Crippen LogP contribution in [-0.4, -0.2) is 122 Å². The van der Waals surface area contributed by atoms with Crippen molar-refractivity contribution in [3.63, 3.8) is 0 Å². The number of fused-ring (bicyclic) bond motifs is 3. The van der Waals surface area contributed by atoms with E-state index in [0.29, 0.717) is 82.9 Å². The zero-order valence-electron chi connectivity index (χ0n) is 42.0. The molecule has 13 rings (SSSR count). The summed E-state index contributed by atoms with van der Waals surface area (Å²) in [6.07, 6.45) is 15.1. The fourth-order valence-electron chi connectivity index (χ4n) is 13.9. The third-order valence-electron chi connectivity index (χ3n) is 18.5. The Kier molecular flexibility index (Phi) is 11.5. The van der Waals surface area contributed by atoms with Gasteiger partial charge in [-0.05, 0) is 161 Å². The van der Waals surface area contributed by atoms with E-state index in [0.717, 1.165) is 107 Å². The van der Waals surface area contributed by atoms with Gasteiger partial charge in [0, 0.05) is 68.1 Å². The highest BCUT2D eigenvalue weighted by molar-refractivity contribution is 6.03. The van der Waals surface area contributed by atoms with Gasteiger partial charge in [-0.15, -0.1) is 0 Å². The summed E-state index contributed by atoms with van der Waals surface area (Å²) >= 11 is 0. The summed E-state index contributed by atoms with van der Waals surface area (Å²) in [5.74, 6) is -0.888. The molecule has 2 spiro atoms. The molecule has 382 valence electrons. The highest BCUT2D eigenvalue weighted by Crippen LogP contribution is 2.54. The molecule has 7 fully saturated rings. The third kappa shape index (κ3) is 8.39. The van der Waals surface area contributed by atoms with Gasteiger partial charge in [0.15, 0.2) is 5.82 Å². The Balaban J connectivity index is 0.655. The zero-order chi connectivity index (χ0) is 49.8. The molecule has 14 nitrogen and oxygen atoms in total. The number of anilines is 1. The zero-order valence-corrected chi connectivity index (χ0v) is 42.0. The van der Waals surface area contributed by atoms with Crippen molar-refractivity contribution >= 4 is 50.2 Å². The molecule has 3 aromatic carbocycles. The molecule has 2 amide bonds. The van der Waals surface area contributed by atoms with E-state index in [1.54, 1.807) is 18.3 Å². The van der Waals surface area contributed by atoms with Crippen LogP contribution in [0.4, 0.5) is 14.6 Å². The second kappa shape index (κ2) is 17.9. The molecule has 7 aliphatic rings. The van der Waals surface area contributed by atoms with Crippen LogP contribution in [0.15, 0.2) is 48.7 Å². The quantitative estimate of drug-likeness (QED) is 0.119. The molecule has 6 aromatic rings. The van der Waals surface area contributed by atoms with Crippen molar-refractivity contribution in [3.8, 4) is 23.0 Å². The normalized spacial score (nSPS) is 24.7.